The molecule has 0 spiro atoms. The maximum absolute atomic E-state index is 11.2. The van der Waals surface area contributed by atoms with Crippen molar-refractivity contribution in [3.63, 3.8) is 0 Å². The van der Waals surface area contributed by atoms with Crippen LogP contribution in [0.25, 0.3) is 0 Å². The molecule has 1 aromatic heterocycles. The molecule has 1 heterocycles. The Labute approximate surface area is 109 Å². The van der Waals surface area contributed by atoms with E-state index in [1.54, 1.807) is 6.26 Å². The Kier molecular flexibility index (Phi) is 5.37. The van der Waals surface area contributed by atoms with E-state index in [9.17, 15) is 8.42 Å². The second-order valence-corrected chi connectivity index (χ2v) is 7.08. The Balaban J connectivity index is 2.54. The van der Waals surface area contributed by atoms with Crippen LogP contribution in [-0.2, 0) is 9.84 Å². The Bertz CT molecular complexity index is 440. The van der Waals surface area contributed by atoms with Crippen molar-refractivity contribution < 1.29 is 12.8 Å². The van der Waals surface area contributed by atoms with Crippen LogP contribution in [0.2, 0.25) is 0 Å². The molecule has 0 fully saturated rings. The summed E-state index contributed by atoms with van der Waals surface area (Å²) in [5.74, 6) is 1.02. The number of hydrogen-bond acceptors (Lipinski definition) is 5. The van der Waals surface area contributed by atoms with Crippen LogP contribution >= 0.6 is 0 Å². The van der Waals surface area contributed by atoms with Crippen molar-refractivity contribution >= 4 is 9.84 Å². The van der Waals surface area contributed by atoms with E-state index in [0.29, 0.717) is 6.54 Å². The minimum absolute atomic E-state index is 0.0718. The highest BCUT2D eigenvalue weighted by atomic mass is 32.2. The monoisotopic (exact) mass is 274 g/mol. The number of nitrogens with one attached hydrogen (secondary N) is 1. The zero-order chi connectivity index (χ0) is 13.8. The number of furan rings is 1. The van der Waals surface area contributed by atoms with Crippen molar-refractivity contribution in [1.82, 2.24) is 10.2 Å². The van der Waals surface area contributed by atoms with Crippen molar-refractivity contribution in [2.75, 3.05) is 32.6 Å². The third-order valence-electron chi connectivity index (χ3n) is 2.71. The lowest BCUT2D eigenvalue weighted by Gasteiger charge is -2.24. The van der Waals surface area contributed by atoms with Gasteiger partial charge in [-0.2, -0.15) is 0 Å². The van der Waals surface area contributed by atoms with E-state index in [-0.39, 0.29) is 17.8 Å². The van der Waals surface area contributed by atoms with Crippen LogP contribution in [0.5, 0.6) is 0 Å². The molecule has 104 valence electrons. The predicted octanol–water partition coefficient (Wildman–Crippen LogP) is 0.905. The van der Waals surface area contributed by atoms with Gasteiger partial charge in [-0.15, -0.1) is 0 Å². The average molecular weight is 274 g/mol. The number of sulfone groups is 1. The van der Waals surface area contributed by atoms with Gasteiger partial charge in [0.15, 0.2) is 0 Å². The van der Waals surface area contributed by atoms with Gasteiger partial charge >= 0.3 is 0 Å². The van der Waals surface area contributed by atoms with Gasteiger partial charge in [-0.25, -0.2) is 8.42 Å². The molecule has 0 aliphatic carbocycles. The van der Waals surface area contributed by atoms with Gasteiger partial charge in [-0.3, -0.25) is 4.90 Å². The van der Waals surface area contributed by atoms with E-state index in [1.165, 1.54) is 6.26 Å². The lowest BCUT2D eigenvalue weighted by Crippen LogP contribution is -2.38. The molecule has 0 aliphatic heterocycles. The van der Waals surface area contributed by atoms with Crippen molar-refractivity contribution in [1.29, 1.82) is 0 Å². The van der Waals surface area contributed by atoms with Crippen LogP contribution in [-0.4, -0.2) is 52.0 Å². The summed E-state index contributed by atoms with van der Waals surface area (Å²) in [6, 6.07) is 3.80. The van der Waals surface area contributed by atoms with Gasteiger partial charge in [-0.05, 0) is 33.2 Å². The van der Waals surface area contributed by atoms with E-state index in [4.69, 9.17) is 4.42 Å². The molecule has 1 N–H and O–H groups in total. The average Bonchev–Trinajstić information content (AvgIpc) is 2.67. The van der Waals surface area contributed by atoms with Gasteiger partial charge in [-0.1, -0.05) is 0 Å². The van der Waals surface area contributed by atoms with Gasteiger partial charge < -0.3 is 9.73 Å². The highest BCUT2D eigenvalue weighted by molar-refractivity contribution is 7.90. The number of hydrogen-bond donors (Lipinski definition) is 1. The molecule has 5 nitrogen and oxygen atoms in total. The second-order valence-electron chi connectivity index (χ2n) is 4.90. The largest absolute Gasteiger partial charge is 0.468 e. The van der Waals surface area contributed by atoms with Gasteiger partial charge in [0.1, 0.15) is 15.6 Å². The topological polar surface area (TPSA) is 62.6 Å². The molecule has 0 amide bonds. The summed E-state index contributed by atoms with van der Waals surface area (Å²) in [7, 11) is 0.992. The summed E-state index contributed by atoms with van der Waals surface area (Å²) in [4.78, 5) is 2.04. The fourth-order valence-corrected chi connectivity index (χ4v) is 2.87. The first-order valence-corrected chi connectivity index (χ1v) is 7.96. The number of likely N-dealkylation sites (N-methyl/N-ethyl adjacent to an activating group) is 1. The summed E-state index contributed by atoms with van der Waals surface area (Å²) >= 11 is 0. The molecule has 18 heavy (non-hydrogen) atoms. The van der Waals surface area contributed by atoms with E-state index in [1.807, 2.05) is 38.1 Å². The van der Waals surface area contributed by atoms with E-state index >= 15 is 0 Å². The van der Waals surface area contributed by atoms with Crippen LogP contribution in [0.15, 0.2) is 22.8 Å². The van der Waals surface area contributed by atoms with Crippen molar-refractivity contribution in [3.05, 3.63) is 24.2 Å². The van der Waals surface area contributed by atoms with Gasteiger partial charge in [0.05, 0.1) is 18.1 Å². The number of nitrogens with zero attached hydrogens (tertiary/aromatic N) is 1. The Morgan fingerprint density at radius 2 is 2.11 bits per heavy atom. The maximum Gasteiger partial charge on any atom is 0.148 e. The molecule has 1 aromatic rings. The third kappa shape index (κ3) is 5.20. The lowest BCUT2D eigenvalue weighted by atomic mass is 10.2. The molecule has 0 saturated carbocycles. The SMILES string of the molecule is CC(CS(C)(=O)=O)NCC(c1ccco1)N(C)C. The summed E-state index contributed by atoms with van der Waals surface area (Å²) in [5.41, 5.74) is 0. The summed E-state index contributed by atoms with van der Waals surface area (Å²) in [5, 5.41) is 3.23. The van der Waals surface area contributed by atoms with E-state index < -0.39 is 9.84 Å². The zero-order valence-electron chi connectivity index (χ0n) is 11.4. The van der Waals surface area contributed by atoms with Gasteiger partial charge in [0.25, 0.3) is 0 Å². The fourth-order valence-electron chi connectivity index (χ4n) is 1.84. The summed E-state index contributed by atoms with van der Waals surface area (Å²) in [6.07, 6.45) is 2.90. The molecule has 0 radical (unpaired) electrons. The third-order valence-corrected chi connectivity index (χ3v) is 3.81. The van der Waals surface area contributed by atoms with Crippen molar-refractivity contribution in [3.8, 4) is 0 Å². The van der Waals surface area contributed by atoms with E-state index in [0.717, 1.165) is 5.76 Å². The first-order valence-electron chi connectivity index (χ1n) is 5.90. The first kappa shape index (κ1) is 15.2. The van der Waals surface area contributed by atoms with Crippen LogP contribution in [0.1, 0.15) is 18.7 Å². The fraction of sp³-hybridized carbons (Fsp3) is 0.667. The van der Waals surface area contributed by atoms with Crippen LogP contribution in [0.4, 0.5) is 0 Å². The lowest BCUT2D eigenvalue weighted by molar-refractivity contribution is 0.246. The standard InChI is InChI=1S/C12H22N2O3S/c1-10(9-18(4,15)16)13-8-11(14(2)3)12-6-5-7-17-12/h5-7,10-11,13H,8-9H2,1-4H3. The maximum atomic E-state index is 11.2. The minimum atomic E-state index is -2.94. The predicted molar refractivity (Wildman–Crippen MR) is 72.3 cm³/mol. The van der Waals surface area contributed by atoms with Crippen LogP contribution in [0, 0.1) is 0 Å². The highest BCUT2D eigenvalue weighted by Crippen LogP contribution is 2.17. The zero-order valence-corrected chi connectivity index (χ0v) is 12.2. The second kappa shape index (κ2) is 6.36. The Morgan fingerprint density at radius 3 is 2.56 bits per heavy atom. The highest BCUT2D eigenvalue weighted by Gasteiger charge is 2.18. The molecular formula is C12H22N2O3S. The van der Waals surface area contributed by atoms with Crippen molar-refractivity contribution in [2.45, 2.75) is 19.0 Å². The Morgan fingerprint density at radius 1 is 1.44 bits per heavy atom. The molecule has 2 unspecified atom stereocenters. The van der Waals surface area contributed by atoms with E-state index in [2.05, 4.69) is 5.32 Å². The molecule has 0 bridgehead atoms. The summed E-state index contributed by atoms with van der Waals surface area (Å²) in [6.45, 7) is 2.52. The van der Waals surface area contributed by atoms with Crippen molar-refractivity contribution in [2.24, 2.45) is 0 Å². The quantitative estimate of drug-likeness (QED) is 0.800. The van der Waals surface area contributed by atoms with Gasteiger partial charge in [0, 0.05) is 18.8 Å². The molecule has 0 aromatic carbocycles. The number of rotatable bonds is 7. The Hall–Kier alpha value is -0.850. The summed E-state index contributed by atoms with van der Waals surface area (Å²) < 4.78 is 27.8. The molecule has 6 heteroatoms. The van der Waals surface area contributed by atoms with Crippen LogP contribution < -0.4 is 5.32 Å². The van der Waals surface area contributed by atoms with Gasteiger partial charge in [0.2, 0.25) is 0 Å². The molecule has 0 saturated heterocycles. The normalized spacial score (nSPS) is 15.8. The molecular weight excluding hydrogens is 252 g/mol. The molecule has 2 atom stereocenters. The van der Waals surface area contributed by atoms with Crippen LogP contribution in [0.3, 0.4) is 0 Å². The first-order chi connectivity index (χ1) is 8.29. The minimum Gasteiger partial charge on any atom is -0.468 e. The smallest absolute Gasteiger partial charge is 0.148 e. The molecule has 1 rings (SSSR count). The molecule has 0 aliphatic rings.